The molecule has 0 unspecified atom stereocenters. The molecule has 124 valence electrons. The summed E-state index contributed by atoms with van der Waals surface area (Å²) in [7, 11) is 1.81. The second-order valence-corrected chi connectivity index (χ2v) is 6.60. The fraction of sp³-hybridized carbons (Fsp3) is 0.500. The minimum Gasteiger partial charge on any atom is -0.467 e. The van der Waals surface area contributed by atoms with E-state index in [1.54, 1.807) is 41.3 Å². The molecule has 1 aliphatic rings. The molecule has 1 atom stereocenters. The number of ether oxygens (including phenoxy) is 1. The first-order chi connectivity index (χ1) is 11.1. The van der Waals surface area contributed by atoms with Crippen LogP contribution in [0.2, 0.25) is 0 Å². The number of thiazole rings is 1. The van der Waals surface area contributed by atoms with E-state index in [4.69, 9.17) is 9.15 Å². The van der Waals surface area contributed by atoms with Crippen molar-refractivity contribution in [1.82, 2.24) is 14.8 Å². The second-order valence-electron chi connectivity index (χ2n) is 5.69. The van der Waals surface area contributed by atoms with Crippen molar-refractivity contribution >= 4 is 17.2 Å². The highest BCUT2D eigenvalue weighted by Gasteiger charge is 2.22. The Morgan fingerprint density at radius 3 is 2.96 bits per heavy atom. The summed E-state index contributed by atoms with van der Waals surface area (Å²) in [6, 6.07) is 1.83. The summed E-state index contributed by atoms with van der Waals surface area (Å²) in [5, 5.41) is 0. The van der Waals surface area contributed by atoms with E-state index in [0.29, 0.717) is 12.1 Å². The summed E-state index contributed by atoms with van der Waals surface area (Å²) in [5.74, 6) is 0.775. The molecule has 3 rings (SSSR count). The molecular formula is C16H21N3O3S. The average molecular weight is 335 g/mol. The Kier molecular flexibility index (Phi) is 5.09. The van der Waals surface area contributed by atoms with Crippen molar-refractivity contribution in [2.24, 2.45) is 0 Å². The molecule has 1 amide bonds. The summed E-state index contributed by atoms with van der Waals surface area (Å²) < 4.78 is 10.9. The Bertz CT molecular complexity index is 635. The van der Waals surface area contributed by atoms with Crippen LogP contribution in [-0.2, 0) is 11.3 Å². The van der Waals surface area contributed by atoms with E-state index in [-0.39, 0.29) is 11.9 Å². The van der Waals surface area contributed by atoms with Gasteiger partial charge in [0.15, 0.2) is 0 Å². The number of carbonyl (C=O) groups excluding carboxylic acids is 1. The van der Waals surface area contributed by atoms with Gasteiger partial charge in [-0.1, -0.05) is 0 Å². The molecule has 1 fully saturated rings. The van der Waals surface area contributed by atoms with Crippen LogP contribution in [0.4, 0.5) is 0 Å². The lowest BCUT2D eigenvalue weighted by Gasteiger charge is -2.25. The molecule has 0 radical (unpaired) electrons. The minimum absolute atomic E-state index is 0.00686. The number of rotatable bonds is 5. The van der Waals surface area contributed by atoms with Crippen LogP contribution in [0.3, 0.4) is 0 Å². The summed E-state index contributed by atoms with van der Waals surface area (Å²) >= 11 is 1.55. The van der Waals surface area contributed by atoms with Crippen molar-refractivity contribution in [2.45, 2.75) is 19.5 Å². The largest absolute Gasteiger partial charge is 0.467 e. The number of nitrogens with zero attached hydrogens (tertiary/aromatic N) is 3. The van der Waals surface area contributed by atoms with Gasteiger partial charge < -0.3 is 14.1 Å². The molecule has 3 heterocycles. The van der Waals surface area contributed by atoms with E-state index in [1.165, 1.54) is 0 Å². The molecule has 2 aromatic heterocycles. The third-order valence-electron chi connectivity index (χ3n) is 4.15. The third kappa shape index (κ3) is 3.80. The van der Waals surface area contributed by atoms with Crippen LogP contribution >= 0.6 is 11.3 Å². The van der Waals surface area contributed by atoms with Crippen LogP contribution in [0.5, 0.6) is 0 Å². The maximum Gasteiger partial charge on any atom is 0.257 e. The Labute approximate surface area is 139 Å². The molecule has 0 N–H and O–H groups in total. The second kappa shape index (κ2) is 7.25. The first-order valence-corrected chi connectivity index (χ1v) is 8.56. The Morgan fingerprint density at radius 2 is 2.26 bits per heavy atom. The van der Waals surface area contributed by atoms with Gasteiger partial charge in [-0.3, -0.25) is 14.7 Å². The molecule has 0 saturated carbocycles. The number of hydrogen-bond acceptors (Lipinski definition) is 6. The summed E-state index contributed by atoms with van der Waals surface area (Å²) in [4.78, 5) is 21.7. The quantitative estimate of drug-likeness (QED) is 0.840. The maximum absolute atomic E-state index is 12.6. The Morgan fingerprint density at radius 1 is 1.48 bits per heavy atom. The van der Waals surface area contributed by atoms with Gasteiger partial charge in [-0.15, -0.1) is 11.3 Å². The molecule has 1 aliphatic heterocycles. The average Bonchev–Trinajstić information content (AvgIpc) is 3.25. The van der Waals surface area contributed by atoms with Gasteiger partial charge in [0.25, 0.3) is 5.91 Å². The predicted molar refractivity (Wildman–Crippen MR) is 87.4 cm³/mol. The third-order valence-corrected chi connectivity index (χ3v) is 5.09. The van der Waals surface area contributed by atoms with Crippen molar-refractivity contribution in [3.05, 3.63) is 40.2 Å². The van der Waals surface area contributed by atoms with Crippen LogP contribution in [-0.4, -0.2) is 54.0 Å². The topological polar surface area (TPSA) is 58.8 Å². The highest BCUT2D eigenvalue weighted by atomic mass is 32.1. The number of morpholine rings is 1. The van der Waals surface area contributed by atoms with E-state index in [1.807, 2.05) is 13.0 Å². The van der Waals surface area contributed by atoms with Crippen LogP contribution < -0.4 is 0 Å². The normalized spacial score (nSPS) is 17.1. The van der Waals surface area contributed by atoms with E-state index >= 15 is 0 Å². The Hall–Kier alpha value is -1.70. The minimum atomic E-state index is -0.0390. The fourth-order valence-corrected chi connectivity index (χ4v) is 3.28. The zero-order valence-corrected chi connectivity index (χ0v) is 14.2. The fourth-order valence-electron chi connectivity index (χ4n) is 2.56. The molecule has 1 saturated heterocycles. The SMILES string of the molecule is C[C@@H](c1cncs1)N(C)C(=O)c1coc(CN2CCOCC2)c1. The monoisotopic (exact) mass is 335 g/mol. The zero-order chi connectivity index (χ0) is 16.2. The van der Waals surface area contributed by atoms with Gasteiger partial charge in [0.2, 0.25) is 0 Å². The predicted octanol–water partition coefficient (Wildman–Crippen LogP) is 2.40. The first kappa shape index (κ1) is 16.2. The number of aromatic nitrogens is 1. The molecule has 6 nitrogen and oxygen atoms in total. The van der Waals surface area contributed by atoms with Crippen molar-refractivity contribution in [3.8, 4) is 0 Å². The lowest BCUT2D eigenvalue weighted by Crippen LogP contribution is -2.35. The van der Waals surface area contributed by atoms with Crippen molar-refractivity contribution in [2.75, 3.05) is 33.4 Å². The molecule has 0 aliphatic carbocycles. The number of amides is 1. The van der Waals surface area contributed by atoms with Gasteiger partial charge in [0.05, 0.1) is 36.9 Å². The zero-order valence-electron chi connectivity index (χ0n) is 13.4. The molecule has 2 aromatic rings. The lowest BCUT2D eigenvalue weighted by atomic mass is 10.2. The first-order valence-electron chi connectivity index (χ1n) is 7.68. The van der Waals surface area contributed by atoms with Crippen molar-refractivity contribution in [3.63, 3.8) is 0 Å². The van der Waals surface area contributed by atoms with Crippen LogP contribution in [0, 0.1) is 0 Å². The van der Waals surface area contributed by atoms with Gasteiger partial charge in [0, 0.05) is 31.2 Å². The van der Waals surface area contributed by atoms with E-state index < -0.39 is 0 Å². The van der Waals surface area contributed by atoms with Gasteiger partial charge in [0.1, 0.15) is 12.0 Å². The van der Waals surface area contributed by atoms with Gasteiger partial charge in [-0.2, -0.15) is 0 Å². The molecule has 7 heteroatoms. The number of carbonyl (C=O) groups is 1. The van der Waals surface area contributed by atoms with Gasteiger partial charge in [-0.25, -0.2) is 0 Å². The van der Waals surface area contributed by atoms with Crippen LogP contribution in [0.1, 0.15) is 34.0 Å². The number of hydrogen-bond donors (Lipinski definition) is 0. The Balaban J connectivity index is 1.63. The molecule has 0 bridgehead atoms. The van der Waals surface area contributed by atoms with Crippen LogP contribution in [0.25, 0.3) is 0 Å². The van der Waals surface area contributed by atoms with Gasteiger partial charge in [-0.05, 0) is 13.0 Å². The summed E-state index contributed by atoms with van der Waals surface area (Å²) in [5.41, 5.74) is 2.37. The molecule has 0 aromatic carbocycles. The highest BCUT2D eigenvalue weighted by molar-refractivity contribution is 7.09. The standard InChI is InChI=1S/C16H21N3O3S/c1-12(15-8-17-11-23-15)18(2)16(20)13-7-14(22-10-13)9-19-3-5-21-6-4-19/h7-8,10-12H,3-6,9H2,1-2H3/t12-/m0/s1. The highest BCUT2D eigenvalue weighted by Crippen LogP contribution is 2.24. The molecule has 23 heavy (non-hydrogen) atoms. The van der Waals surface area contributed by atoms with Crippen molar-refractivity contribution in [1.29, 1.82) is 0 Å². The smallest absolute Gasteiger partial charge is 0.257 e. The van der Waals surface area contributed by atoms with E-state index in [9.17, 15) is 4.79 Å². The molecule has 0 spiro atoms. The van der Waals surface area contributed by atoms with Gasteiger partial charge >= 0.3 is 0 Å². The maximum atomic E-state index is 12.6. The van der Waals surface area contributed by atoms with E-state index in [0.717, 1.165) is 36.9 Å². The number of furan rings is 1. The summed E-state index contributed by atoms with van der Waals surface area (Å²) in [6.07, 6.45) is 3.35. The van der Waals surface area contributed by atoms with Crippen molar-refractivity contribution < 1.29 is 13.9 Å². The lowest BCUT2D eigenvalue weighted by molar-refractivity contribution is 0.0313. The van der Waals surface area contributed by atoms with Crippen LogP contribution in [0.15, 0.2) is 28.5 Å². The van der Waals surface area contributed by atoms with E-state index in [2.05, 4.69) is 9.88 Å². The molecular weight excluding hydrogens is 314 g/mol. The summed E-state index contributed by atoms with van der Waals surface area (Å²) in [6.45, 7) is 6.01.